The van der Waals surface area contributed by atoms with Crippen LogP contribution in [0.1, 0.15) is 27.2 Å². The monoisotopic (exact) mass is 522 g/mol. The van der Waals surface area contributed by atoms with Crippen molar-refractivity contribution in [1.82, 2.24) is 14.5 Å². The van der Waals surface area contributed by atoms with Crippen molar-refractivity contribution in [2.45, 2.75) is 26.9 Å². The molecule has 9 heteroatoms. The highest BCUT2D eigenvalue weighted by molar-refractivity contribution is 5.98. The summed E-state index contributed by atoms with van der Waals surface area (Å²) in [6, 6.07) is 22.0. The zero-order valence-electron chi connectivity index (χ0n) is 21.4. The van der Waals surface area contributed by atoms with Crippen LogP contribution < -0.4 is 21.9 Å². The summed E-state index contributed by atoms with van der Waals surface area (Å²) in [6.45, 7) is 3.64. The first kappa shape index (κ1) is 25.5. The summed E-state index contributed by atoms with van der Waals surface area (Å²) in [4.78, 5) is 53.2. The molecule has 0 bridgehead atoms. The van der Waals surface area contributed by atoms with Crippen molar-refractivity contribution in [3.05, 3.63) is 128 Å². The SMILES string of the molecule is Cc1ccc(NC(=O)Cn2c(=O)n(-c3ccccc3)c(=O)c3ccc(C(=O)NCc4ccco4)cc32)c(C)c1. The number of aryl methyl sites for hydroxylation is 2. The van der Waals surface area contributed by atoms with Gasteiger partial charge in [0.25, 0.3) is 11.5 Å². The molecule has 0 aliphatic carbocycles. The number of amides is 2. The number of rotatable bonds is 7. The molecule has 39 heavy (non-hydrogen) atoms. The van der Waals surface area contributed by atoms with Crippen LogP contribution in [0.15, 0.2) is 99.1 Å². The van der Waals surface area contributed by atoms with E-state index in [1.807, 2.05) is 26.0 Å². The molecule has 0 fully saturated rings. The van der Waals surface area contributed by atoms with Crippen molar-refractivity contribution >= 4 is 28.4 Å². The van der Waals surface area contributed by atoms with Gasteiger partial charge >= 0.3 is 5.69 Å². The van der Waals surface area contributed by atoms with Crippen molar-refractivity contribution < 1.29 is 14.0 Å². The number of aromatic nitrogens is 2. The molecule has 9 nitrogen and oxygen atoms in total. The zero-order chi connectivity index (χ0) is 27.5. The van der Waals surface area contributed by atoms with E-state index >= 15 is 0 Å². The number of fused-ring (bicyclic) bond motifs is 1. The minimum absolute atomic E-state index is 0.171. The van der Waals surface area contributed by atoms with Crippen molar-refractivity contribution in [1.29, 1.82) is 0 Å². The van der Waals surface area contributed by atoms with Crippen molar-refractivity contribution in [2.75, 3.05) is 5.32 Å². The molecule has 2 N–H and O–H groups in total. The van der Waals surface area contributed by atoms with E-state index in [0.717, 1.165) is 15.7 Å². The Morgan fingerprint density at radius 3 is 2.41 bits per heavy atom. The lowest BCUT2D eigenvalue weighted by Gasteiger charge is -2.16. The third kappa shape index (κ3) is 5.28. The Kier molecular flexibility index (Phi) is 6.96. The highest BCUT2D eigenvalue weighted by atomic mass is 16.3. The van der Waals surface area contributed by atoms with Crippen LogP contribution in [0.5, 0.6) is 0 Å². The van der Waals surface area contributed by atoms with Gasteiger partial charge in [0.05, 0.1) is 29.4 Å². The normalized spacial score (nSPS) is 10.9. The van der Waals surface area contributed by atoms with E-state index in [2.05, 4.69) is 10.6 Å². The second-order valence-corrected chi connectivity index (χ2v) is 9.21. The number of hydrogen-bond donors (Lipinski definition) is 2. The average Bonchev–Trinajstić information content (AvgIpc) is 3.45. The highest BCUT2D eigenvalue weighted by Crippen LogP contribution is 2.17. The summed E-state index contributed by atoms with van der Waals surface area (Å²) in [5, 5.41) is 5.80. The average molecular weight is 523 g/mol. The van der Waals surface area contributed by atoms with E-state index in [0.29, 0.717) is 17.1 Å². The van der Waals surface area contributed by atoms with E-state index in [4.69, 9.17) is 4.42 Å². The molecule has 0 unspecified atom stereocenters. The smallest absolute Gasteiger partial charge is 0.336 e. The first-order chi connectivity index (χ1) is 18.8. The number of benzene rings is 3. The molecule has 5 aromatic rings. The molecule has 3 aromatic carbocycles. The van der Waals surface area contributed by atoms with Crippen LogP contribution >= 0.6 is 0 Å². The molecule has 0 saturated carbocycles. The maximum absolute atomic E-state index is 13.7. The molecule has 0 aliphatic heterocycles. The van der Waals surface area contributed by atoms with Crippen LogP contribution in [-0.4, -0.2) is 20.9 Å². The van der Waals surface area contributed by atoms with Gasteiger partial charge in [0, 0.05) is 11.3 Å². The summed E-state index contributed by atoms with van der Waals surface area (Å²) in [5.41, 5.74) is 2.10. The van der Waals surface area contributed by atoms with Crippen LogP contribution in [0, 0.1) is 13.8 Å². The van der Waals surface area contributed by atoms with Gasteiger partial charge in [-0.05, 0) is 67.9 Å². The molecule has 2 heterocycles. The second kappa shape index (κ2) is 10.7. The van der Waals surface area contributed by atoms with Crippen LogP contribution in [0.3, 0.4) is 0 Å². The fraction of sp³-hybridized carbons (Fsp3) is 0.133. The van der Waals surface area contributed by atoms with Crippen LogP contribution in [0.4, 0.5) is 5.69 Å². The number of nitrogens with zero attached hydrogens (tertiary/aromatic N) is 2. The number of furan rings is 1. The van der Waals surface area contributed by atoms with Crippen molar-refractivity contribution in [3.8, 4) is 5.69 Å². The molecule has 0 radical (unpaired) electrons. The lowest BCUT2D eigenvalue weighted by molar-refractivity contribution is -0.116. The van der Waals surface area contributed by atoms with Gasteiger partial charge in [-0.3, -0.25) is 19.0 Å². The molecule has 5 rings (SSSR count). The Balaban J connectivity index is 1.58. The van der Waals surface area contributed by atoms with Crippen molar-refractivity contribution in [2.24, 2.45) is 0 Å². The van der Waals surface area contributed by atoms with E-state index in [1.165, 1.54) is 29.0 Å². The van der Waals surface area contributed by atoms with E-state index in [1.54, 1.807) is 48.5 Å². The summed E-state index contributed by atoms with van der Waals surface area (Å²) in [6.07, 6.45) is 1.51. The standard InChI is InChI=1S/C30H26N4O5/c1-19-10-13-25(20(2)15-19)32-27(35)18-33-26-16-21(28(36)31-17-23-9-6-14-39-23)11-12-24(26)29(37)34(30(33)38)22-7-4-3-5-8-22/h3-16H,17-18H2,1-2H3,(H,31,36)(H,32,35). The van der Waals surface area contributed by atoms with Crippen LogP contribution in [0.25, 0.3) is 16.6 Å². The molecular weight excluding hydrogens is 496 g/mol. The summed E-state index contributed by atoms with van der Waals surface area (Å²) >= 11 is 0. The minimum Gasteiger partial charge on any atom is -0.467 e. The number of para-hydroxylation sites is 1. The third-order valence-corrected chi connectivity index (χ3v) is 6.38. The summed E-state index contributed by atoms with van der Waals surface area (Å²) in [5.74, 6) is -0.287. The Morgan fingerprint density at radius 1 is 0.897 bits per heavy atom. The Labute approximate surface area is 223 Å². The molecule has 0 saturated heterocycles. The molecule has 196 valence electrons. The van der Waals surface area contributed by atoms with Crippen LogP contribution in [-0.2, 0) is 17.9 Å². The van der Waals surface area contributed by atoms with E-state index in [9.17, 15) is 19.2 Å². The van der Waals surface area contributed by atoms with Gasteiger partial charge < -0.3 is 15.1 Å². The van der Waals surface area contributed by atoms with Gasteiger partial charge in [-0.1, -0.05) is 35.9 Å². The Bertz CT molecular complexity index is 1800. The highest BCUT2D eigenvalue weighted by Gasteiger charge is 2.19. The summed E-state index contributed by atoms with van der Waals surface area (Å²) < 4.78 is 7.50. The maximum atomic E-state index is 13.7. The third-order valence-electron chi connectivity index (χ3n) is 6.38. The molecule has 0 aliphatic rings. The number of carbonyl (C=O) groups is 2. The predicted molar refractivity (Wildman–Crippen MR) is 148 cm³/mol. The number of anilines is 1. The van der Waals surface area contributed by atoms with Gasteiger partial charge in [0.2, 0.25) is 5.91 Å². The topological polar surface area (TPSA) is 115 Å². The van der Waals surface area contributed by atoms with Gasteiger partial charge in [-0.25, -0.2) is 9.36 Å². The molecule has 0 spiro atoms. The number of hydrogen-bond acceptors (Lipinski definition) is 5. The molecular formula is C30H26N4O5. The van der Waals surface area contributed by atoms with Gasteiger partial charge in [0.1, 0.15) is 12.3 Å². The Morgan fingerprint density at radius 2 is 1.69 bits per heavy atom. The molecule has 2 aromatic heterocycles. The lowest BCUT2D eigenvalue weighted by Crippen LogP contribution is -2.41. The van der Waals surface area contributed by atoms with E-state index in [-0.39, 0.29) is 29.6 Å². The largest absolute Gasteiger partial charge is 0.467 e. The van der Waals surface area contributed by atoms with Gasteiger partial charge in [0.15, 0.2) is 0 Å². The number of nitrogens with one attached hydrogen (secondary N) is 2. The van der Waals surface area contributed by atoms with Crippen LogP contribution in [0.2, 0.25) is 0 Å². The van der Waals surface area contributed by atoms with E-state index < -0.39 is 23.1 Å². The first-order valence-corrected chi connectivity index (χ1v) is 12.3. The minimum atomic E-state index is -0.692. The fourth-order valence-electron chi connectivity index (χ4n) is 4.44. The number of carbonyl (C=O) groups excluding carboxylic acids is 2. The second-order valence-electron chi connectivity index (χ2n) is 9.21. The van der Waals surface area contributed by atoms with Gasteiger partial charge in [-0.15, -0.1) is 0 Å². The lowest BCUT2D eigenvalue weighted by atomic mass is 10.1. The Hall–Kier alpha value is -5.18. The zero-order valence-corrected chi connectivity index (χ0v) is 21.4. The molecule has 0 atom stereocenters. The quantitative estimate of drug-likeness (QED) is 0.336. The first-order valence-electron chi connectivity index (χ1n) is 12.3. The molecule has 2 amide bonds. The fourth-order valence-corrected chi connectivity index (χ4v) is 4.44. The van der Waals surface area contributed by atoms with Crippen molar-refractivity contribution in [3.63, 3.8) is 0 Å². The summed E-state index contributed by atoms with van der Waals surface area (Å²) in [7, 11) is 0. The predicted octanol–water partition coefficient (Wildman–Crippen LogP) is 3.93. The maximum Gasteiger partial charge on any atom is 0.336 e. The van der Waals surface area contributed by atoms with Gasteiger partial charge in [-0.2, -0.15) is 0 Å².